The van der Waals surface area contributed by atoms with Crippen molar-refractivity contribution in [2.24, 2.45) is 0 Å². The van der Waals surface area contributed by atoms with E-state index >= 15 is 0 Å². The molecule has 6 nitrogen and oxygen atoms in total. The lowest BCUT2D eigenvalue weighted by Crippen LogP contribution is -2.05. The zero-order valence-electron chi connectivity index (χ0n) is 13.7. The molecule has 1 aromatic carbocycles. The smallest absolute Gasteiger partial charge is 0.277 e. The van der Waals surface area contributed by atoms with Gasteiger partial charge in [0, 0.05) is 0 Å². The summed E-state index contributed by atoms with van der Waals surface area (Å²) in [5.41, 5.74) is 1.01. The molecule has 0 radical (unpaired) electrons. The number of aromatic nitrogens is 3. The molecular weight excluding hydrogens is 365 g/mol. The Bertz CT molecular complexity index is 923. The number of thiazole rings is 1. The van der Waals surface area contributed by atoms with Gasteiger partial charge < -0.3 is 9.15 Å². The molecular formula is C16H14FN3O3S2. The predicted octanol–water partition coefficient (Wildman–Crippen LogP) is 3.93. The number of Topliss-reactive ketones (excluding diaryl/α,β-unsaturated/α-hetero) is 1. The van der Waals surface area contributed by atoms with E-state index in [0.717, 1.165) is 33.4 Å². The van der Waals surface area contributed by atoms with Gasteiger partial charge in [-0.2, -0.15) is 0 Å². The summed E-state index contributed by atoms with van der Waals surface area (Å²) < 4.78 is 24.1. The number of aryl methyl sites for hydroxylation is 2. The molecule has 0 spiro atoms. The maximum absolute atomic E-state index is 13.4. The third kappa shape index (κ3) is 3.88. The number of nitrogens with zero attached hydrogens (tertiary/aromatic N) is 3. The molecule has 0 aliphatic carbocycles. The Morgan fingerprint density at radius 3 is 2.84 bits per heavy atom. The number of benzene rings is 1. The minimum Gasteiger partial charge on any atom is -0.496 e. The summed E-state index contributed by atoms with van der Waals surface area (Å²) >= 11 is 2.56. The Balaban J connectivity index is 1.71. The first kappa shape index (κ1) is 17.6. The van der Waals surface area contributed by atoms with Crippen LogP contribution in [0.1, 0.15) is 21.1 Å². The number of halogens is 1. The van der Waals surface area contributed by atoms with Gasteiger partial charge >= 0.3 is 0 Å². The van der Waals surface area contributed by atoms with Crippen molar-refractivity contribution in [2.75, 3.05) is 12.9 Å². The van der Waals surface area contributed by atoms with Gasteiger partial charge in [-0.05, 0) is 32.0 Å². The molecule has 0 atom stereocenters. The Kier molecular flexibility index (Phi) is 5.14. The van der Waals surface area contributed by atoms with Crippen molar-refractivity contribution in [3.8, 4) is 16.5 Å². The zero-order valence-corrected chi connectivity index (χ0v) is 15.3. The molecule has 2 aromatic heterocycles. The van der Waals surface area contributed by atoms with E-state index in [0.29, 0.717) is 11.6 Å². The predicted molar refractivity (Wildman–Crippen MR) is 92.9 cm³/mol. The quantitative estimate of drug-likeness (QED) is 0.474. The van der Waals surface area contributed by atoms with E-state index in [9.17, 15) is 9.18 Å². The Morgan fingerprint density at radius 2 is 2.16 bits per heavy atom. The van der Waals surface area contributed by atoms with E-state index in [1.54, 1.807) is 0 Å². The largest absolute Gasteiger partial charge is 0.496 e. The first-order chi connectivity index (χ1) is 12.0. The van der Waals surface area contributed by atoms with Gasteiger partial charge in [0.1, 0.15) is 16.4 Å². The summed E-state index contributed by atoms with van der Waals surface area (Å²) in [6.45, 7) is 3.77. The van der Waals surface area contributed by atoms with Crippen LogP contribution in [-0.2, 0) is 0 Å². The van der Waals surface area contributed by atoms with Crippen LogP contribution in [0.25, 0.3) is 10.8 Å². The topological polar surface area (TPSA) is 78.1 Å². The standard InChI is InChI=1S/C16H14FN3O3S2/c1-8-14(25-9(2)18-8)15-19-20-16(23-15)24-7-12(21)11-6-10(17)4-5-13(11)22-3/h4-6H,7H2,1-3H3. The molecule has 0 amide bonds. The van der Waals surface area contributed by atoms with Gasteiger partial charge in [0.2, 0.25) is 0 Å². The molecule has 0 saturated carbocycles. The van der Waals surface area contributed by atoms with Crippen LogP contribution in [0.15, 0.2) is 27.8 Å². The number of hydrogen-bond acceptors (Lipinski definition) is 8. The number of ether oxygens (including phenoxy) is 1. The first-order valence-electron chi connectivity index (χ1n) is 7.25. The van der Waals surface area contributed by atoms with Crippen LogP contribution in [0.3, 0.4) is 0 Å². The highest BCUT2D eigenvalue weighted by molar-refractivity contribution is 7.99. The Morgan fingerprint density at radius 1 is 1.36 bits per heavy atom. The van der Waals surface area contributed by atoms with Crippen LogP contribution in [-0.4, -0.2) is 33.8 Å². The lowest BCUT2D eigenvalue weighted by atomic mass is 10.1. The average Bonchev–Trinajstić information content (AvgIpc) is 3.18. The van der Waals surface area contributed by atoms with E-state index < -0.39 is 5.82 Å². The van der Waals surface area contributed by atoms with Crippen molar-refractivity contribution in [3.63, 3.8) is 0 Å². The van der Waals surface area contributed by atoms with Crippen molar-refractivity contribution >= 4 is 28.9 Å². The molecule has 0 aliphatic rings. The van der Waals surface area contributed by atoms with Crippen molar-refractivity contribution in [1.29, 1.82) is 0 Å². The second-order valence-corrected chi connectivity index (χ2v) is 7.21. The third-order valence-corrected chi connectivity index (χ3v) is 5.17. The van der Waals surface area contributed by atoms with Gasteiger partial charge in [-0.3, -0.25) is 4.79 Å². The highest BCUT2D eigenvalue weighted by Crippen LogP contribution is 2.31. The van der Waals surface area contributed by atoms with E-state index in [1.807, 2.05) is 13.8 Å². The van der Waals surface area contributed by atoms with Gasteiger partial charge in [0.15, 0.2) is 5.78 Å². The zero-order chi connectivity index (χ0) is 18.0. The average molecular weight is 379 g/mol. The molecule has 25 heavy (non-hydrogen) atoms. The first-order valence-corrected chi connectivity index (χ1v) is 9.05. The van der Waals surface area contributed by atoms with Crippen LogP contribution >= 0.6 is 23.1 Å². The lowest BCUT2D eigenvalue weighted by Gasteiger charge is -2.06. The maximum Gasteiger partial charge on any atom is 0.277 e. The summed E-state index contributed by atoms with van der Waals surface area (Å²) in [7, 11) is 1.43. The number of hydrogen-bond donors (Lipinski definition) is 0. The molecule has 3 rings (SSSR count). The van der Waals surface area contributed by atoms with E-state index in [4.69, 9.17) is 9.15 Å². The SMILES string of the molecule is COc1ccc(F)cc1C(=O)CSc1nnc(-c2sc(C)nc2C)o1. The minimum atomic E-state index is -0.495. The van der Waals surface area contributed by atoms with Gasteiger partial charge in [0.05, 0.1) is 29.1 Å². The van der Waals surface area contributed by atoms with Crippen LogP contribution in [0.5, 0.6) is 5.75 Å². The Hall–Kier alpha value is -2.26. The molecule has 0 N–H and O–H groups in total. The number of rotatable bonds is 6. The summed E-state index contributed by atoms with van der Waals surface area (Å²) in [4.78, 5) is 17.5. The third-order valence-electron chi connectivity index (χ3n) is 3.29. The Labute approximate surface area is 151 Å². The minimum absolute atomic E-state index is 0.0299. The molecule has 0 unspecified atom stereocenters. The van der Waals surface area contributed by atoms with Gasteiger partial charge in [-0.15, -0.1) is 21.5 Å². The monoisotopic (exact) mass is 379 g/mol. The van der Waals surface area contributed by atoms with Crippen molar-refractivity contribution in [3.05, 3.63) is 40.3 Å². The highest BCUT2D eigenvalue weighted by Gasteiger charge is 2.18. The van der Waals surface area contributed by atoms with Crippen molar-refractivity contribution in [2.45, 2.75) is 19.1 Å². The fraction of sp³-hybridized carbons (Fsp3) is 0.250. The summed E-state index contributed by atoms with van der Waals surface area (Å²) in [5, 5.41) is 9.11. The number of carbonyl (C=O) groups is 1. The van der Waals surface area contributed by atoms with Crippen LogP contribution in [0, 0.1) is 19.7 Å². The van der Waals surface area contributed by atoms with Crippen LogP contribution in [0.2, 0.25) is 0 Å². The summed E-state index contributed by atoms with van der Waals surface area (Å²) in [5.74, 6) is -0.0474. The molecule has 0 aliphatic heterocycles. The number of ketones is 1. The second-order valence-electron chi connectivity index (χ2n) is 5.08. The maximum atomic E-state index is 13.4. The van der Waals surface area contributed by atoms with E-state index in [1.165, 1.54) is 30.6 Å². The number of methoxy groups -OCH3 is 1. The molecule has 0 bridgehead atoms. The second kappa shape index (κ2) is 7.32. The fourth-order valence-corrected chi connectivity index (χ4v) is 3.68. The molecule has 3 aromatic rings. The fourth-order valence-electron chi connectivity index (χ4n) is 2.19. The molecule has 2 heterocycles. The van der Waals surface area contributed by atoms with E-state index in [-0.39, 0.29) is 22.3 Å². The number of thioether (sulfide) groups is 1. The molecule has 0 fully saturated rings. The van der Waals surface area contributed by atoms with Gasteiger partial charge in [0.25, 0.3) is 11.1 Å². The lowest BCUT2D eigenvalue weighted by molar-refractivity contribution is 0.101. The summed E-state index contributed by atoms with van der Waals surface area (Å²) in [6, 6.07) is 3.82. The molecule has 0 saturated heterocycles. The van der Waals surface area contributed by atoms with E-state index in [2.05, 4.69) is 15.2 Å². The van der Waals surface area contributed by atoms with Crippen molar-refractivity contribution in [1.82, 2.24) is 15.2 Å². The number of carbonyl (C=O) groups excluding carboxylic acids is 1. The van der Waals surface area contributed by atoms with Crippen LogP contribution in [0.4, 0.5) is 4.39 Å². The highest BCUT2D eigenvalue weighted by atomic mass is 32.2. The molecule has 9 heteroatoms. The molecule has 130 valence electrons. The van der Waals surface area contributed by atoms with Gasteiger partial charge in [-0.1, -0.05) is 11.8 Å². The normalized spacial score (nSPS) is 10.9. The van der Waals surface area contributed by atoms with Crippen molar-refractivity contribution < 1.29 is 18.3 Å². The van der Waals surface area contributed by atoms with Crippen LogP contribution < -0.4 is 4.74 Å². The summed E-state index contributed by atoms with van der Waals surface area (Å²) in [6.07, 6.45) is 0. The van der Waals surface area contributed by atoms with Gasteiger partial charge in [-0.25, -0.2) is 9.37 Å².